The lowest BCUT2D eigenvalue weighted by molar-refractivity contribution is 0.0839. The molecule has 5 rings (SSSR count). The highest BCUT2D eigenvalue weighted by Gasteiger charge is 2.29. The van der Waals surface area contributed by atoms with E-state index in [1.54, 1.807) is 14.2 Å². The number of hydrogen-bond acceptors (Lipinski definition) is 5. The molecule has 162 valence electrons. The van der Waals surface area contributed by atoms with Crippen LogP contribution in [0.5, 0.6) is 11.5 Å². The quantitative estimate of drug-likeness (QED) is 0.620. The summed E-state index contributed by atoms with van der Waals surface area (Å²) in [6.45, 7) is 5.35. The van der Waals surface area contributed by atoms with Gasteiger partial charge >= 0.3 is 0 Å². The second-order valence-electron chi connectivity index (χ2n) is 8.72. The van der Waals surface area contributed by atoms with Gasteiger partial charge in [-0.15, -0.1) is 0 Å². The van der Waals surface area contributed by atoms with Gasteiger partial charge in [-0.1, -0.05) is 24.3 Å². The van der Waals surface area contributed by atoms with Gasteiger partial charge in [-0.25, -0.2) is 0 Å². The normalized spacial score (nSPS) is 19.9. The molecule has 3 heterocycles. The topological polar surface area (TPSA) is 37.8 Å². The second-order valence-corrected chi connectivity index (χ2v) is 8.72. The van der Waals surface area contributed by atoms with Crippen molar-refractivity contribution in [1.29, 1.82) is 0 Å². The average Bonchev–Trinajstić information content (AvgIpc) is 2.83. The minimum absolute atomic E-state index is 0.595. The lowest BCUT2D eigenvalue weighted by Crippen LogP contribution is -2.49. The first-order chi connectivity index (χ1) is 15.2. The molecule has 0 N–H and O–H groups in total. The summed E-state index contributed by atoms with van der Waals surface area (Å²) < 4.78 is 11.0. The van der Waals surface area contributed by atoms with E-state index < -0.39 is 0 Å². The average molecular weight is 418 g/mol. The molecule has 3 aromatic rings. The third kappa shape index (κ3) is 4.12. The highest BCUT2D eigenvalue weighted by atomic mass is 16.5. The molecule has 2 aliphatic heterocycles. The van der Waals surface area contributed by atoms with Gasteiger partial charge in [-0.3, -0.25) is 14.8 Å². The molecule has 31 heavy (non-hydrogen) atoms. The molecule has 0 spiro atoms. The van der Waals surface area contributed by atoms with Gasteiger partial charge in [0.25, 0.3) is 0 Å². The van der Waals surface area contributed by atoms with Gasteiger partial charge in [0.05, 0.1) is 19.7 Å². The van der Waals surface area contributed by atoms with Crippen molar-refractivity contribution >= 4 is 10.9 Å². The van der Waals surface area contributed by atoms with Gasteiger partial charge in [0.15, 0.2) is 11.5 Å². The number of hydrogen-bond donors (Lipinski definition) is 0. The summed E-state index contributed by atoms with van der Waals surface area (Å²) >= 11 is 0. The van der Waals surface area contributed by atoms with Crippen molar-refractivity contribution in [2.75, 3.05) is 33.9 Å². The van der Waals surface area contributed by atoms with Gasteiger partial charge in [-0.05, 0) is 60.7 Å². The number of rotatable bonds is 5. The highest BCUT2D eigenvalue weighted by molar-refractivity contribution is 5.81. The van der Waals surface area contributed by atoms with Crippen LogP contribution in [0.1, 0.15) is 29.5 Å². The Kier molecular flexibility index (Phi) is 5.79. The molecule has 5 nitrogen and oxygen atoms in total. The van der Waals surface area contributed by atoms with E-state index in [0.717, 1.165) is 56.2 Å². The Morgan fingerprint density at radius 1 is 1.00 bits per heavy atom. The van der Waals surface area contributed by atoms with E-state index in [2.05, 4.69) is 51.2 Å². The number of methoxy groups -OCH3 is 2. The molecule has 0 bridgehead atoms. The third-order valence-corrected chi connectivity index (χ3v) is 6.85. The fraction of sp³-hybridized carbons (Fsp3) is 0.423. The van der Waals surface area contributed by atoms with E-state index in [-0.39, 0.29) is 0 Å². The number of ether oxygens (including phenoxy) is 2. The maximum Gasteiger partial charge on any atom is 0.161 e. The van der Waals surface area contributed by atoms with Crippen molar-refractivity contribution in [2.45, 2.75) is 38.4 Å². The van der Waals surface area contributed by atoms with Crippen molar-refractivity contribution in [3.8, 4) is 11.5 Å². The number of para-hydroxylation sites is 1. The molecule has 0 aliphatic carbocycles. The van der Waals surface area contributed by atoms with Gasteiger partial charge in [0.2, 0.25) is 0 Å². The molecule has 1 saturated heterocycles. The predicted octanol–water partition coefficient (Wildman–Crippen LogP) is 4.27. The standard InChI is InChI=1S/C26H31N3O2/c1-30-24-14-20-10-13-29(17-22(20)15-25(24)31-2)23-9-5-12-28(18-23)16-21-7-3-6-19-8-4-11-27-26(19)21/h3-4,6-8,11,14-15,23H,5,9-10,12-13,16-18H2,1-2H3. The zero-order chi connectivity index (χ0) is 21.2. The Morgan fingerprint density at radius 2 is 1.81 bits per heavy atom. The summed E-state index contributed by atoms with van der Waals surface area (Å²) in [5, 5.41) is 1.23. The summed E-state index contributed by atoms with van der Waals surface area (Å²) in [6, 6.07) is 15.6. The van der Waals surface area contributed by atoms with Crippen LogP contribution in [0.4, 0.5) is 0 Å². The summed E-state index contributed by atoms with van der Waals surface area (Å²) in [4.78, 5) is 9.93. The minimum atomic E-state index is 0.595. The Labute approximate surface area is 184 Å². The SMILES string of the molecule is COc1cc2c(cc1OC)CN(C1CCCN(Cc3cccc4cccnc34)C1)CC2. The van der Waals surface area contributed by atoms with Gasteiger partial charge < -0.3 is 9.47 Å². The van der Waals surface area contributed by atoms with Crippen molar-refractivity contribution in [1.82, 2.24) is 14.8 Å². The molecule has 1 unspecified atom stereocenters. The highest BCUT2D eigenvalue weighted by Crippen LogP contribution is 2.34. The van der Waals surface area contributed by atoms with Crippen LogP contribution in [-0.2, 0) is 19.5 Å². The van der Waals surface area contributed by atoms with Crippen molar-refractivity contribution < 1.29 is 9.47 Å². The van der Waals surface area contributed by atoms with E-state index in [0.29, 0.717) is 6.04 Å². The van der Waals surface area contributed by atoms with Crippen molar-refractivity contribution in [2.24, 2.45) is 0 Å². The molecular weight excluding hydrogens is 386 g/mol. The molecule has 1 aromatic heterocycles. The summed E-state index contributed by atoms with van der Waals surface area (Å²) in [5.41, 5.74) is 5.24. The summed E-state index contributed by atoms with van der Waals surface area (Å²) in [7, 11) is 3.42. The second kappa shape index (κ2) is 8.85. The fourth-order valence-electron chi connectivity index (χ4n) is 5.23. The number of benzene rings is 2. The smallest absolute Gasteiger partial charge is 0.161 e. The van der Waals surface area contributed by atoms with Crippen LogP contribution < -0.4 is 9.47 Å². The van der Waals surface area contributed by atoms with Crippen LogP contribution in [0.15, 0.2) is 48.7 Å². The molecule has 0 amide bonds. The molecule has 1 atom stereocenters. The molecular formula is C26H31N3O2. The molecule has 2 aliphatic rings. The van der Waals surface area contributed by atoms with Gasteiger partial charge in [0.1, 0.15) is 0 Å². The van der Waals surface area contributed by atoms with Crippen molar-refractivity contribution in [3.05, 3.63) is 65.4 Å². The summed E-state index contributed by atoms with van der Waals surface area (Å²) in [5.74, 6) is 1.67. The Hall–Kier alpha value is -2.63. The number of likely N-dealkylation sites (tertiary alicyclic amines) is 1. The zero-order valence-electron chi connectivity index (χ0n) is 18.5. The largest absolute Gasteiger partial charge is 0.493 e. The summed E-state index contributed by atoms with van der Waals surface area (Å²) in [6.07, 6.45) is 5.49. The maximum absolute atomic E-state index is 5.54. The molecule has 1 fully saturated rings. The lowest BCUT2D eigenvalue weighted by atomic mass is 9.95. The van der Waals surface area contributed by atoms with E-state index in [4.69, 9.17) is 9.47 Å². The van der Waals surface area contributed by atoms with E-state index in [9.17, 15) is 0 Å². The number of pyridine rings is 1. The van der Waals surface area contributed by atoms with E-state index in [1.807, 2.05) is 12.3 Å². The Bertz CT molecular complexity index is 1060. The molecule has 0 saturated carbocycles. The number of fused-ring (bicyclic) bond motifs is 2. The first-order valence-electron chi connectivity index (χ1n) is 11.3. The number of aromatic nitrogens is 1. The van der Waals surface area contributed by atoms with Crippen molar-refractivity contribution in [3.63, 3.8) is 0 Å². The van der Waals surface area contributed by atoms with Gasteiger partial charge in [0, 0.05) is 43.8 Å². The number of piperidine rings is 1. The van der Waals surface area contributed by atoms with Crippen LogP contribution in [0.3, 0.4) is 0 Å². The maximum atomic E-state index is 5.54. The zero-order valence-corrected chi connectivity index (χ0v) is 18.5. The van der Waals surface area contributed by atoms with E-state index in [1.165, 1.54) is 34.9 Å². The third-order valence-electron chi connectivity index (χ3n) is 6.85. The minimum Gasteiger partial charge on any atom is -0.493 e. The molecule has 5 heteroatoms. The van der Waals surface area contributed by atoms with Gasteiger partial charge in [-0.2, -0.15) is 0 Å². The molecule has 2 aromatic carbocycles. The first-order valence-corrected chi connectivity index (χ1v) is 11.3. The van der Waals surface area contributed by atoms with Crippen LogP contribution >= 0.6 is 0 Å². The lowest BCUT2D eigenvalue weighted by Gasteiger charge is -2.41. The van der Waals surface area contributed by atoms with Crippen LogP contribution in [-0.4, -0.2) is 54.7 Å². The Balaban J connectivity index is 1.30. The van der Waals surface area contributed by atoms with E-state index >= 15 is 0 Å². The molecule has 0 radical (unpaired) electrons. The van der Waals surface area contributed by atoms with Crippen LogP contribution in [0.2, 0.25) is 0 Å². The van der Waals surface area contributed by atoms with Crippen LogP contribution in [0.25, 0.3) is 10.9 Å². The number of nitrogens with zero attached hydrogens (tertiary/aromatic N) is 3. The Morgan fingerprint density at radius 3 is 2.65 bits per heavy atom. The fourth-order valence-corrected chi connectivity index (χ4v) is 5.23. The van der Waals surface area contributed by atoms with Crippen LogP contribution in [0, 0.1) is 0 Å². The first kappa shape index (κ1) is 20.3. The monoisotopic (exact) mass is 417 g/mol. The predicted molar refractivity (Wildman–Crippen MR) is 124 cm³/mol.